The lowest BCUT2D eigenvalue weighted by Gasteiger charge is -2.29. The lowest BCUT2D eigenvalue weighted by Crippen LogP contribution is -2.40. The van der Waals surface area contributed by atoms with Crippen LogP contribution in [0.2, 0.25) is 0 Å². The van der Waals surface area contributed by atoms with Crippen LogP contribution in [0, 0.1) is 0 Å². The fourth-order valence-corrected chi connectivity index (χ4v) is 4.63. The Bertz CT molecular complexity index is 918. The quantitative estimate of drug-likeness (QED) is 0.685. The summed E-state index contributed by atoms with van der Waals surface area (Å²) in [5, 5.41) is 2.89. The number of likely N-dealkylation sites (N-methyl/N-ethyl adjacent to an activating group) is 1. The number of amides is 1. The minimum Gasteiger partial charge on any atom is -0.324 e. The maximum absolute atomic E-state index is 13.1. The number of anilines is 1. The molecule has 0 aliphatic carbocycles. The maximum Gasteiger partial charge on any atom is 0.246 e. The largest absolute Gasteiger partial charge is 0.324 e. The van der Waals surface area contributed by atoms with Crippen molar-refractivity contribution in [1.29, 1.82) is 0 Å². The number of nitrogens with one attached hydrogen (secondary N) is 2. The Morgan fingerprint density at radius 1 is 1.00 bits per heavy atom. The Balaban J connectivity index is 2.31. The first-order chi connectivity index (χ1) is 13.6. The predicted molar refractivity (Wildman–Crippen MR) is 117 cm³/mol. The van der Waals surface area contributed by atoms with Crippen molar-refractivity contribution in [1.82, 2.24) is 9.62 Å². The van der Waals surface area contributed by atoms with Gasteiger partial charge in [0.1, 0.15) is 6.04 Å². The molecule has 0 saturated carbocycles. The number of carbonyl (C=O) groups is 1. The summed E-state index contributed by atoms with van der Waals surface area (Å²) < 4.78 is 27.8. The molecule has 2 N–H and O–H groups in total. The van der Waals surface area contributed by atoms with Crippen molar-refractivity contribution in [3.8, 4) is 0 Å². The zero-order chi connectivity index (χ0) is 21.7. The van der Waals surface area contributed by atoms with Crippen LogP contribution in [0.25, 0.3) is 0 Å². The van der Waals surface area contributed by atoms with E-state index in [0.717, 1.165) is 5.56 Å². The van der Waals surface area contributed by atoms with Gasteiger partial charge in [-0.1, -0.05) is 50.2 Å². The summed E-state index contributed by atoms with van der Waals surface area (Å²) in [4.78, 5) is 15.3. The third-order valence-corrected chi connectivity index (χ3v) is 6.15. The van der Waals surface area contributed by atoms with Crippen LogP contribution in [0.3, 0.4) is 0 Å². The molecular formula is C22H31N3O3S. The first kappa shape index (κ1) is 23.1. The Morgan fingerprint density at radius 3 is 2.17 bits per heavy atom. The van der Waals surface area contributed by atoms with E-state index in [-0.39, 0.29) is 10.8 Å². The van der Waals surface area contributed by atoms with Crippen molar-refractivity contribution in [2.45, 2.75) is 51.1 Å². The van der Waals surface area contributed by atoms with Crippen LogP contribution in [0.4, 0.5) is 5.69 Å². The van der Waals surface area contributed by atoms with Crippen molar-refractivity contribution in [3.05, 3.63) is 60.2 Å². The van der Waals surface area contributed by atoms with Gasteiger partial charge in [0.15, 0.2) is 0 Å². The number of hydrogen-bond donors (Lipinski definition) is 2. The molecular weight excluding hydrogens is 386 g/mol. The highest BCUT2D eigenvalue weighted by molar-refractivity contribution is 7.89. The van der Waals surface area contributed by atoms with Gasteiger partial charge >= 0.3 is 0 Å². The van der Waals surface area contributed by atoms with Crippen LogP contribution in [0.15, 0.2) is 59.5 Å². The van der Waals surface area contributed by atoms with E-state index in [0.29, 0.717) is 18.8 Å². The van der Waals surface area contributed by atoms with Crippen LogP contribution in [-0.2, 0) is 14.8 Å². The molecule has 0 aromatic heterocycles. The molecule has 7 heteroatoms. The molecule has 6 nitrogen and oxygen atoms in total. The second-order valence-corrected chi connectivity index (χ2v) is 9.59. The van der Waals surface area contributed by atoms with Gasteiger partial charge < -0.3 is 5.32 Å². The van der Waals surface area contributed by atoms with E-state index in [4.69, 9.17) is 0 Å². The number of benzene rings is 2. The third kappa shape index (κ3) is 6.39. The molecule has 0 spiro atoms. The number of nitrogens with zero attached hydrogens (tertiary/aromatic N) is 1. The van der Waals surface area contributed by atoms with E-state index in [9.17, 15) is 13.2 Å². The molecule has 1 unspecified atom stereocenters. The molecule has 0 aliphatic rings. The molecule has 0 heterocycles. The zero-order valence-corrected chi connectivity index (χ0v) is 18.6. The summed E-state index contributed by atoms with van der Waals surface area (Å²) in [6, 6.07) is 15.4. The van der Waals surface area contributed by atoms with E-state index in [1.165, 1.54) is 12.1 Å². The molecule has 2 aromatic rings. The molecule has 0 saturated heterocycles. The van der Waals surface area contributed by atoms with Gasteiger partial charge in [-0.05, 0) is 57.6 Å². The summed E-state index contributed by atoms with van der Waals surface area (Å²) in [6.07, 6.45) is 0. The minimum absolute atomic E-state index is 0.115. The summed E-state index contributed by atoms with van der Waals surface area (Å²) >= 11 is 0. The van der Waals surface area contributed by atoms with E-state index < -0.39 is 21.6 Å². The van der Waals surface area contributed by atoms with Gasteiger partial charge in [-0.2, -0.15) is 0 Å². The first-order valence-corrected chi connectivity index (χ1v) is 11.3. The third-order valence-electron chi connectivity index (χ3n) is 4.39. The average molecular weight is 418 g/mol. The highest BCUT2D eigenvalue weighted by Gasteiger charge is 2.27. The molecule has 0 radical (unpaired) electrons. The lowest BCUT2D eigenvalue weighted by atomic mass is 10.0. The fraction of sp³-hybridized carbons (Fsp3) is 0.409. The molecule has 2 aromatic carbocycles. The van der Waals surface area contributed by atoms with Crippen LogP contribution in [0.1, 0.15) is 46.2 Å². The number of rotatable bonds is 8. The van der Waals surface area contributed by atoms with Crippen LogP contribution < -0.4 is 10.0 Å². The Hall–Kier alpha value is -2.22. The van der Waals surface area contributed by atoms with Gasteiger partial charge in [0.05, 0.1) is 4.90 Å². The molecule has 29 heavy (non-hydrogen) atoms. The zero-order valence-electron chi connectivity index (χ0n) is 17.8. The normalized spacial score (nSPS) is 13.3. The summed E-state index contributed by atoms with van der Waals surface area (Å²) in [6.45, 7) is 10.8. The molecule has 0 fully saturated rings. The van der Waals surface area contributed by atoms with Gasteiger partial charge in [0.2, 0.25) is 15.9 Å². The van der Waals surface area contributed by atoms with Crippen molar-refractivity contribution in [3.63, 3.8) is 0 Å². The van der Waals surface area contributed by atoms with Crippen LogP contribution >= 0.6 is 0 Å². The number of sulfonamides is 1. The summed E-state index contributed by atoms with van der Waals surface area (Å²) in [5.74, 6) is -0.196. The average Bonchev–Trinajstić information content (AvgIpc) is 2.65. The van der Waals surface area contributed by atoms with Gasteiger partial charge in [0, 0.05) is 11.2 Å². The first-order valence-electron chi connectivity index (χ1n) is 9.81. The highest BCUT2D eigenvalue weighted by atomic mass is 32.2. The molecule has 0 aliphatic heterocycles. The van der Waals surface area contributed by atoms with Crippen LogP contribution in [0.5, 0.6) is 0 Å². The van der Waals surface area contributed by atoms with Gasteiger partial charge in [-0.15, -0.1) is 0 Å². The highest BCUT2D eigenvalue weighted by Crippen LogP contribution is 2.24. The van der Waals surface area contributed by atoms with E-state index in [1.807, 2.05) is 44.2 Å². The fourth-order valence-electron chi connectivity index (χ4n) is 3.17. The molecule has 1 amide bonds. The van der Waals surface area contributed by atoms with E-state index in [2.05, 4.69) is 14.9 Å². The predicted octanol–water partition coefficient (Wildman–Crippen LogP) is 3.79. The molecule has 158 valence electrons. The number of carbonyl (C=O) groups excluding carboxylic acids is 1. The van der Waals surface area contributed by atoms with Gasteiger partial charge in [0.25, 0.3) is 0 Å². The second-order valence-electron chi connectivity index (χ2n) is 7.91. The second kappa shape index (κ2) is 9.52. The van der Waals surface area contributed by atoms with Crippen molar-refractivity contribution >= 4 is 21.6 Å². The summed E-state index contributed by atoms with van der Waals surface area (Å²) in [7, 11) is -3.69. The smallest absolute Gasteiger partial charge is 0.246 e. The van der Waals surface area contributed by atoms with Gasteiger partial charge in [-0.3, -0.25) is 9.69 Å². The van der Waals surface area contributed by atoms with Crippen molar-refractivity contribution < 1.29 is 13.2 Å². The standard InChI is InChI=1S/C22H31N3O3S/c1-6-25(7-2)20(17-12-9-8-10-13-17)21(26)23-18-14-11-15-19(16-18)29(27,28)24-22(3,4)5/h8-16,20,24H,6-7H2,1-5H3,(H,23,26). The van der Waals surface area contributed by atoms with Crippen molar-refractivity contribution in [2.24, 2.45) is 0 Å². The Labute approximate surface area is 174 Å². The summed E-state index contributed by atoms with van der Waals surface area (Å²) in [5.41, 5.74) is 0.742. The number of hydrogen-bond acceptors (Lipinski definition) is 4. The maximum atomic E-state index is 13.1. The topological polar surface area (TPSA) is 78.5 Å². The monoisotopic (exact) mass is 417 g/mol. The van der Waals surface area contributed by atoms with Crippen molar-refractivity contribution in [2.75, 3.05) is 18.4 Å². The Morgan fingerprint density at radius 2 is 1.62 bits per heavy atom. The SMILES string of the molecule is CCN(CC)C(C(=O)Nc1cccc(S(=O)(=O)NC(C)(C)C)c1)c1ccccc1. The molecule has 1 atom stereocenters. The minimum atomic E-state index is -3.69. The van der Waals surface area contributed by atoms with E-state index in [1.54, 1.807) is 32.9 Å². The Kier molecular flexibility index (Phi) is 7.57. The lowest BCUT2D eigenvalue weighted by molar-refractivity contribution is -0.121. The van der Waals surface area contributed by atoms with Crippen LogP contribution in [-0.4, -0.2) is 37.9 Å². The molecule has 2 rings (SSSR count). The molecule has 0 bridgehead atoms. The van der Waals surface area contributed by atoms with E-state index >= 15 is 0 Å². The van der Waals surface area contributed by atoms with Gasteiger partial charge in [-0.25, -0.2) is 13.1 Å².